The molecule has 0 unspecified atom stereocenters. The van der Waals surface area contributed by atoms with Crippen LogP contribution in [0, 0.1) is 0 Å². The van der Waals surface area contributed by atoms with E-state index in [2.05, 4.69) is 19.9 Å². The molecule has 0 radical (unpaired) electrons. The standard InChI is InChI=1S/C22H21N5O3/c1-22(2,29)18-7-6-15(11-24-18)16-9-17-19(21(28)27(3)13-25-17)20(26-16)30-12-14-5-4-8-23-10-14/h4-11,13,29H,12H2,1-3H3. The van der Waals surface area contributed by atoms with Crippen molar-refractivity contribution in [3.05, 3.63) is 76.9 Å². The molecule has 8 heteroatoms. The summed E-state index contributed by atoms with van der Waals surface area (Å²) in [5.74, 6) is 0.201. The normalized spacial score (nSPS) is 11.6. The third-order valence-corrected chi connectivity index (χ3v) is 4.65. The number of nitrogens with zero attached hydrogens (tertiary/aromatic N) is 5. The fourth-order valence-corrected chi connectivity index (χ4v) is 2.98. The smallest absolute Gasteiger partial charge is 0.266 e. The minimum atomic E-state index is -1.04. The van der Waals surface area contributed by atoms with Gasteiger partial charge in [-0.3, -0.25) is 14.8 Å². The van der Waals surface area contributed by atoms with Gasteiger partial charge in [-0.1, -0.05) is 6.07 Å². The highest BCUT2D eigenvalue weighted by Crippen LogP contribution is 2.27. The van der Waals surface area contributed by atoms with Crippen molar-refractivity contribution in [2.45, 2.75) is 26.1 Å². The molecular weight excluding hydrogens is 382 g/mol. The van der Waals surface area contributed by atoms with Crippen LogP contribution in [0.15, 0.2) is 60.0 Å². The van der Waals surface area contributed by atoms with E-state index in [1.807, 2.05) is 18.2 Å². The maximum atomic E-state index is 12.7. The molecule has 0 atom stereocenters. The zero-order valence-corrected chi connectivity index (χ0v) is 16.9. The number of aromatic nitrogens is 5. The lowest BCUT2D eigenvalue weighted by Gasteiger charge is -2.16. The van der Waals surface area contributed by atoms with Crippen LogP contribution in [0.25, 0.3) is 22.2 Å². The number of rotatable bonds is 5. The van der Waals surface area contributed by atoms with Crippen LogP contribution in [0.4, 0.5) is 0 Å². The molecule has 0 fully saturated rings. The van der Waals surface area contributed by atoms with Gasteiger partial charge in [0.05, 0.1) is 23.2 Å². The molecule has 0 spiro atoms. The van der Waals surface area contributed by atoms with E-state index >= 15 is 0 Å². The van der Waals surface area contributed by atoms with Crippen LogP contribution in [0.1, 0.15) is 25.1 Å². The van der Waals surface area contributed by atoms with E-state index < -0.39 is 5.60 Å². The molecule has 4 heterocycles. The molecule has 0 aromatic carbocycles. The van der Waals surface area contributed by atoms with Gasteiger partial charge in [-0.25, -0.2) is 9.97 Å². The van der Waals surface area contributed by atoms with Crippen molar-refractivity contribution in [3.63, 3.8) is 0 Å². The lowest BCUT2D eigenvalue weighted by Crippen LogP contribution is -2.18. The summed E-state index contributed by atoms with van der Waals surface area (Å²) < 4.78 is 7.31. The topological polar surface area (TPSA) is 103 Å². The number of fused-ring (bicyclic) bond motifs is 1. The van der Waals surface area contributed by atoms with Gasteiger partial charge in [-0.05, 0) is 38.1 Å². The summed E-state index contributed by atoms with van der Waals surface area (Å²) in [5, 5.41) is 10.4. The lowest BCUT2D eigenvalue weighted by atomic mass is 10.0. The maximum absolute atomic E-state index is 12.7. The SMILES string of the molecule is Cn1cnc2cc(-c3ccc(C(C)(C)O)nc3)nc(OCc3cccnc3)c2c1=O. The molecule has 152 valence electrons. The van der Waals surface area contributed by atoms with Crippen LogP contribution < -0.4 is 10.3 Å². The monoisotopic (exact) mass is 403 g/mol. The summed E-state index contributed by atoms with van der Waals surface area (Å²) in [6, 6.07) is 9.00. The van der Waals surface area contributed by atoms with E-state index in [1.54, 1.807) is 51.6 Å². The Bertz CT molecular complexity index is 1250. The molecule has 4 aromatic heterocycles. The molecule has 8 nitrogen and oxygen atoms in total. The van der Waals surface area contributed by atoms with Crippen LogP contribution >= 0.6 is 0 Å². The first-order chi connectivity index (χ1) is 14.3. The molecule has 1 N–H and O–H groups in total. The Kier molecular flexibility index (Phi) is 5.01. The molecule has 30 heavy (non-hydrogen) atoms. The van der Waals surface area contributed by atoms with Gasteiger partial charge in [0.25, 0.3) is 5.56 Å². The van der Waals surface area contributed by atoms with Gasteiger partial charge in [0.1, 0.15) is 17.6 Å². The maximum Gasteiger partial charge on any atom is 0.266 e. The van der Waals surface area contributed by atoms with Gasteiger partial charge < -0.3 is 14.4 Å². The number of hydrogen-bond donors (Lipinski definition) is 1. The Morgan fingerprint density at radius 3 is 2.67 bits per heavy atom. The largest absolute Gasteiger partial charge is 0.472 e. The fraction of sp³-hybridized carbons (Fsp3) is 0.227. The second-order valence-electron chi connectivity index (χ2n) is 7.51. The first kappa shape index (κ1) is 19.7. The average molecular weight is 403 g/mol. The predicted octanol–water partition coefficient (Wildman–Crippen LogP) is 2.59. The third-order valence-electron chi connectivity index (χ3n) is 4.65. The van der Waals surface area contributed by atoms with E-state index in [1.165, 1.54) is 10.9 Å². The van der Waals surface area contributed by atoms with E-state index in [0.717, 1.165) is 11.1 Å². The molecule has 0 amide bonds. The number of aryl methyl sites for hydroxylation is 1. The van der Waals surface area contributed by atoms with Crippen molar-refractivity contribution in [2.24, 2.45) is 7.05 Å². The van der Waals surface area contributed by atoms with Gasteiger partial charge in [-0.15, -0.1) is 0 Å². The third kappa shape index (κ3) is 3.90. The first-order valence-electron chi connectivity index (χ1n) is 9.40. The highest BCUT2D eigenvalue weighted by atomic mass is 16.5. The fourth-order valence-electron chi connectivity index (χ4n) is 2.98. The van der Waals surface area contributed by atoms with Crippen LogP contribution in [-0.2, 0) is 19.3 Å². The minimum Gasteiger partial charge on any atom is -0.472 e. The molecular formula is C22H21N5O3. The van der Waals surface area contributed by atoms with Crippen molar-refractivity contribution < 1.29 is 9.84 Å². The second-order valence-corrected chi connectivity index (χ2v) is 7.51. The van der Waals surface area contributed by atoms with E-state index in [9.17, 15) is 9.90 Å². The zero-order chi connectivity index (χ0) is 21.3. The van der Waals surface area contributed by atoms with Crippen LogP contribution in [-0.4, -0.2) is 29.6 Å². The molecule has 0 aliphatic heterocycles. The van der Waals surface area contributed by atoms with Gasteiger partial charge in [0.2, 0.25) is 5.88 Å². The average Bonchev–Trinajstić information content (AvgIpc) is 2.74. The second kappa shape index (κ2) is 7.64. The van der Waals surface area contributed by atoms with Crippen molar-refractivity contribution in [1.29, 1.82) is 0 Å². The van der Waals surface area contributed by atoms with Crippen molar-refractivity contribution in [2.75, 3.05) is 0 Å². The van der Waals surface area contributed by atoms with Gasteiger partial charge in [0, 0.05) is 36.8 Å². The molecule has 0 saturated carbocycles. The number of ether oxygens (including phenoxy) is 1. The highest BCUT2D eigenvalue weighted by molar-refractivity contribution is 5.86. The molecule has 4 rings (SSSR count). The molecule has 4 aromatic rings. The summed E-state index contributed by atoms with van der Waals surface area (Å²) in [5.41, 5.74) is 1.90. The highest BCUT2D eigenvalue weighted by Gasteiger charge is 2.19. The van der Waals surface area contributed by atoms with E-state index in [4.69, 9.17) is 4.74 Å². The van der Waals surface area contributed by atoms with Crippen LogP contribution in [0.3, 0.4) is 0 Å². The van der Waals surface area contributed by atoms with E-state index in [-0.39, 0.29) is 18.0 Å². The Hall–Kier alpha value is -3.65. The summed E-state index contributed by atoms with van der Waals surface area (Å²) in [7, 11) is 1.63. The molecule has 0 aliphatic rings. The Morgan fingerprint density at radius 2 is 2.00 bits per heavy atom. The van der Waals surface area contributed by atoms with Gasteiger partial charge in [-0.2, -0.15) is 0 Å². The summed E-state index contributed by atoms with van der Waals surface area (Å²) >= 11 is 0. The summed E-state index contributed by atoms with van der Waals surface area (Å²) in [4.78, 5) is 30.1. The Morgan fingerprint density at radius 1 is 1.17 bits per heavy atom. The minimum absolute atomic E-state index is 0.201. The molecule has 0 saturated heterocycles. The van der Waals surface area contributed by atoms with Gasteiger partial charge >= 0.3 is 0 Å². The van der Waals surface area contributed by atoms with Crippen molar-refractivity contribution >= 4 is 10.9 Å². The zero-order valence-electron chi connectivity index (χ0n) is 16.9. The Balaban J connectivity index is 1.80. The number of hydrogen-bond acceptors (Lipinski definition) is 7. The summed E-state index contributed by atoms with van der Waals surface area (Å²) in [6.07, 6.45) is 6.48. The molecule has 0 bridgehead atoms. The van der Waals surface area contributed by atoms with Crippen molar-refractivity contribution in [3.8, 4) is 17.1 Å². The van der Waals surface area contributed by atoms with Crippen LogP contribution in [0.5, 0.6) is 5.88 Å². The number of aliphatic hydroxyl groups is 1. The van der Waals surface area contributed by atoms with Crippen molar-refractivity contribution in [1.82, 2.24) is 24.5 Å². The number of pyridine rings is 3. The molecule has 0 aliphatic carbocycles. The van der Waals surface area contributed by atoms with Crippen LogP contribution in [0.2, 0.25) is 0 Å². The first-order valence-corrected chi connectivity index (χ1v) is 9.40. The Labute approximate surface area is 172 Å². The van der Waals surface area contributed by atoms with E-state index in [0.29, 0.717) is 22.3 Å². The van der Waals surface area contributed by atoms with Gasteiger partial charge in [0.15, 0.2) is 0 Å². The lowest BCUT2D eigenvalue weighted by molar-refractivity contribution is 0.0739. The summed E-state index contributed by atoms with van der Waals surface area (Å²) in [6.45, 7) is 3.56. The predicted molar refractivity (Wildman–Crippen MR) is 112 cm³/mol. The quantitative estimate of drug-likeness (QED) is 0.546.